The minimum Gasteiger partial charge on any atom is -0.496 e. The van der Waals surface area contributed by atoms with E-state index in [2.05, 4.69) is 53.8 Å². The number of piperidine rings is 2. The Kier molecular flexibility index (Phi) is 24.3. The van der Waals surface area contributed by atoms with Gasteiger partial charge in [-0.05, 0) is 148 Å². The molecule has 18 rings (SSSR count). The van der Waals surface area contributed by atoms with Crippen LogP contribution in [0.5, 0.6) is 11.5 Å². The Morgan fingerprint density at radius 2 is 0.832 bits per heavy atom. The van der Waals surface area contributed by atoms with Crippen LogP contribution in [0, 0.1) is 22.7 Å². The van der Waals surface area contributed by atoms with Gasteiger partial charge >= 0.3 is 43.1 Å². The summed E-state index contributed by atoms with van der Waals surface area (Å²) in [6.45, 7) is 14.8. The highest BCUT2D eigenvalue weighted by Gasteiger charge is 2.81. The predicted octanol–water partition coefficient (Wildman–Crippen LogP) is 3.51. The van der Waals surface area contributed by atoms with Crippen LogP contribution in [-0.4, -0.2) is 303 Å². The third kappa shape index (κ3) is 14.6. The number of fused-ring (bicyclic) bond motifs is 12. The van der Waals surface area contributed by atoms with Gasteiger partial charge in [0.05, 0.1) is 51.7 Å². The summed E-state index contributed by atoms with van der Waals surface area (Å²) in [6, 6.07) is 22.0. The third-order valence-electron chi connectivity index (χ3n) is 30.5. The standard InChI is InChI=1S/2C43H55N5O7.3H2O4S/c2*1-6-39(52)21-25-22-42(38(51)55-5,33-27(13-17-47(23-25)24-39)26-11-8-9-12-30(26)45-33)29-19-28-31(20-32(29)54-4)46(3)35-41(28)15-18-48-16-10-14-40(7-2,34(41)48)36(49)43(35,53)37(44)50;3*1-5(2,3)4/h2*8-12,14,19-20,25,34-36,45,49,52-53H,6-7,13,15-18,21-24H2,1-5H3,(H2,44,50);3*(H2,1,2,3,4)/t2*25-,34+,35-,36-,39+,40-,41-,42+,43+;;;/m11.../s1. The smallest absolute Gasteiger partial charge is 0.394 e. The normalized spacial score (nSPS) is 35.7. The number of nitrogens with two attached hydrogens (primary N) is 2. The fraction of sp³-hybridized carbons (Fsp3) is 0.581. The first-order valence-electron chi connectivity index (χ1n) is 42.1. The lowest BCUT2D eigenvalue weighted by Crippen LogP contribution is -2.81. The van der Waals surface area contributed by atoms with Crippen LogP contribution in [0.25, 0.3) is 21.8 Å². The predicted molar refractivity (Wildman–Crippen MR) is 459 cm³/mol. The number of hydrogen-bond donors (Lipinski definition) is 16. The number of aliphatic hydroxyl groups excluding tert-OH is 2. The average Bonchev–Trinajstić information content (AvgIpc) is 1.49. The van der Waals surface area contributed by atoms with Crippen LogP contribution >= 0.6 is 0 Å². The Morgan fingerprint density at radius 1 is 0.488 bits per heavy atom. The van der Waals surface area contributed by atoms with Gasteiger partial charge in [-0.2, -0.15) is 25.3 Å². The number of aliphatic hydroxyl groups is 6. The summed E-state index contributed by atoms with van der Waals surface area (Å²) in [5.41, 5.74) is 9.45. The topological polar surface area (TPSA) is 553 Å². The third-order valence-corrected chi connectivity index (χ3v) is 30.5. The fourth-order valence-corrected chi connectivity index (χ4v) is 26.1. The lowest BCUT2D eigenvalue weighted by atomic mass is 9.47. The van der Waals surface area contributed by atoms with Gasteiger partial charge in [-0.25, -0.2) is 0 Å². The van der Waals surface area contributed by atoms with Gasteiger partial charge < -0.3 is 80.8 Å². The molecule has 12 aliphatic rings. The van der Waals surface area contributed by atoms with E-state index in [1.165, 1.54) is 14.2 Å². The maximum Gasteiger partial charge on any atom is 0.394 e. The molecule has 4 bridgehead atoms. The molecule has 39 heteroatoms. The Bertz CT molecular complexity index is 5290. The van der Waals surface area contributed by atoms with Gasteiger partial charge in [-0.15, -0.1) is 0 Å². The molecular weight excluding hydrogens is 1690 g/mol. The molecular formula is C86H116N10O26S3. The zero-order chi connectivity index (χ0) is 91.2. The first-order chi connectivity index (χ1) is 58.6. The second-order valence-electron chi connectivity index (χ2n) is 36.3. The van der Waals surface area contributed by atoms with Gasteiger partial charge in [0.1, 0.15) is 34.5 Å². The second-order valence-corrected chi connectivity index (χ2v) is 39.0. The lowest BCUT2D eigenvalue weighted by Gasteiger charge is -2.63. The highest BCUT2D eigenvalue weighted by molar-refractivity contribution is 7.80. The largest absolute Gasteiger partial charge is 0.496 e. The molecule has 2 saturated carbocycles. The molecule has 4 saturated heterocycles. The van der Waals surface area contributed by atoms with Crippen LogP contribution in [0.4, 0.5) is 11.4 Å². The number of nitrogens with one attached hydrogen (secondary N) is 2. The second kappa shape index (κ2) is 32.7. The Labute approximate surface area is 725 Å². The van der Waals surface area contributed by atoms with Gasteiger partial charge in [-0.1, -0.05) is 88.4 Å². The van der Waals surface area contributed by atoms with Crippen molar-refractivity contribution < 1.29 is 121 Å². The fourth-order valence-electron chi connectivity index (χ4n) is 26.1. The van der Waals surface area contributed by atoms with Crippen molar-refractivity contribution in [2.45, 2.75) is 185 Å². The van der Waals surface area contributed by atoms with Crippen molar-refractivity contribution in [2.24, 2.45) is 34.1 Å². The molecule has 36 nitrogen and oxygen atoms in total. The molecule has 2 spiro atoms. The Morgan fingerprint density at radius 3 is 1.14 bits per heavy atom. The number of para-hydroxylation sites is 2. The van der Waals surface area contributed by atoms with Crippen molar-refractivity contribution in [3.05, 3.63) is 142 Å². The van der Waals surface area contributed by atoms with Crippen LogP contribution in [0.1, 0.15) is 137 Å². The van der Waals surface area contributed by atoms with Gasteiger partial charge in [-0.3, -0.25) is 66.1 Å². The van der Waals surface area contributed by atoms with Gasteiger partial charge in [0, 0.05) is 168 Å². The first kappa shape index (κ1) is 92.9. The van der Waals surface area contributed by atoms with Gasteiger partial charge in [0.15, 0.2) is 11.2 Å². The molecule has 6 aromatic rings. The molecule has 18 N–H and O–H groups in total. The molecule has 684 valence electrons. The minimum atomic E-state index is -4.67. The molecule has 2 aromatic heterocycles. The number of nitrogens with zero attached hydrogens (tertiary/aromatic N) is 6. The van der Waals surface area contributed by atoms with Crippen molar-refractivity contribution in [3.8, 4) is 11.5 Å². The number of ether oxygens (including phenoxy) is 4. The van der Waals surface area contributed by atoms with Crippen LogP contribution < -0.4 is 30.7 Å². The maximum absolute atomic E-state index is 15.2. The number of amides is 2. The number of esters is 2. The number of anilines is 2. The number of carbonyl (C=O) groups is 4. The highest BCUT2D eigenvalue weighted by atomic mass is 32.3. The Balaban J connectivity index is 0.000000175. The zero-order valence-electron chi connectivity index (χ0n) is 71.6. The zero-order valence-corrected chi connectivity index (χ0v) is 74.0. The van der Waals surface area contributed by atoms with Gasteiger partial charge in [0.2, 0.25) is 0 Å². The molecule has 2 aliphatic carbocycles. The summed E-state index contributed by atoms with van der Waals surface area (Å²) >= 11 is 0. The minimum absolute atomic E-state index is 0.0790. The van der Waals surface area contributed by atoms with Crippen molar-refractivity contribution in [1.82, 2.24) is 29.6 Å². The van der Waals surface area contributed by atoms with E-state index in [9.17, 15) is 40.2 Å². The summed E-state index contributed by atoms with van der Waals surface area (Å²) in [6.07, 6.45) is 11.6. The summed E-state index contributed by atoms with van der Waals surface area (Å²) in [7, 11) is -4.22. The number of hydrogen-bond acceptors (Lipinski definition) is 26. The van der Waals surface area contributed by atoms with E-state index in [0.717, 1.165) is 93.0 Å². The number of benzene rings is 4. The highest BCUT2D eigenvalue weighted by Crippen LogP contribution is 2.70. The van der Waals surface area contributed by atoms with Crippen LogP contribution in [0.2, 0.25) is 0 Å². The van der Waals surface area contributed by atoms with E-state index in [1.54, 1.807) is 14.2 Å². The summed E-state index contributed by atoms with van der Waals surface area (Å²) in [5, 5.41) is 75.9. The van der Waals surface area contributed by atoms with Crippen molar-refractivity contribution >= 4 is 88.1 Å². The number of likely N-dealkylation sites (N-methyl/N-ethyl adjacent to an activating group) is 2. The summed E-state index contributed by atoms with van der Waals surface area (Å²) < 4.78 is 119. The van der Waals surface area contributed by atoms with E-state index in [4.69, 9.17) is 83.0 Å². The number of aromatic amines is 2. The van der Waals surface area contributed by atoms with Crippen molar-refractivity contribution in [2.75, 3.05) is 118 Å². The number of methoxy groups -OCH3 is 4. The summed E-state index contributed by atoms with van der Waals surface area (Å²) in [5.74, 6) is -2.00. The SMILES string of the molecule is CC[C@]1(O)C[C@H]2CN(CCc3c([nH]c4ccccc34)[C@@](C(=O)OC)(c3cc4c(cc3OC)N(C)[C@H]3[C@@](O)(C(N)=O)[C@H](O)[C@]5(CC)C=CCN6CC[C@]43[C@@H]65)C2)C1.CC[C@]1(O)C[C@H]2CN(CCc3c([nH]c4ccccc34)[C@@](C(=O)OC)(c3cc4c(cc3OC)N(C)[C@H]3[C@@](O)(C(N)=O)[C@H](O)[C@]5(CC)C=CCN6CC[C@]43[C@@H]65)C2)C1.O=S(=O)(O)O.O=S(=O)(O)O.O=S(=O)(O)O. The number of aromatic nitrogens is 2. The van der Waals surface area contributed by atoms with Gasteiger partial charge in [0.25, 0.3) is 11.8 Å². The average molecular weight is 1800 g/mol. The first-order valence-corrected chi connectivity index (χ1v) is 46.3. The molecule has 6 fully saturated rings. The van der Waals surface area contributed by atoms with E-state index in [0.29, 0.717) is 139 Å². The maximum atomic E-state index is 15.2. The van der Waals surface area contributed by atoms with Crippen LogP contribution in [-0.2, 0) is 94.4 Å². The molecule has 20 atom stereocenters. The molecule has 125 heavy (non-hydrogen) atoms. The number of rotatable bonds is 12. The number of H-pyrrole nitrogens is 2. The van der Waals surface area contributed by atoms with Crippen molar-refractivity contribution in [3.63, 3.8) is 0 Å². The Hall–Kier alpha value is -8.27. The summed E-state index contributed by atoms with van der Waals surface area (Å²) in [4.78, 5) is 78.5. The number of primary amides is 2. The molecule has 2 unspecified atom stereocenters. The quantitative estimate of drug-likeness (QED) is 0.0473. The molecule has 0 radical (unpaired) electrons. The van der Waals surface area contributed by atoms with E-state index >= 15 is 9.59 Å². The number of carbonyl (C=O) groups excluding carboxylic acids is 4. The van der Waals surface area contributed by atoms with E-state index in [-0.39, 0.29) is 23.9 Å². The van der Waals surface area contributed by atoms with Crippen LogP contribution in [0.3, 0.4) is 0 Å². The van der Waals surface area contributed by atoms with Crippen LogP contribution in [0.15, 0.2) is 97.1 Å². The van der Waals surface area contributed by atoms with Crippen molar-refractivity contribution in [1.29, 1.82) is 0 Å². The molecule has 2 amide bonds. The lowest BCUT2D eigenvalue weighted by molar-refractivity contribution is -0.201. The monoisotopic (exact) mass is 1800 g/mol. The molecule has 4 aromatic carbocycles. The van der Waals surface area contributed by atoms with E-state index < -0.39 is 134 Å². The molecule has 10 aliphatic heterocycles. The van der Waals surface area contributed by atoms with E-state index in [1.807, 2.05) is 124 Å². The molecule has 12 heterocycles.